The minimum atomic E-state index is -1.59. The number of nitrogens with zero attached hydrogens (tertiary/aromatic N) is 3. The fourth-order valence-corrected chi connectivity index (χ4v) is 5.21. The number of aryl methyl sites for hydroxylation is 1. The highest BCUT2D eigenvalue weighted by molar-refractivity contribution is 5.77. The van der Waals surface area contributed by atoms with Crippen LogP contribution in [0.3, 0.4) is 0 Å². The van der Waals surface area contributed by atoms with Crippen LogP contribution in [0.5, 0.6) is 5.75 Å². The number of carbonyl (C=O) groups is 1. The summed E-state index contributed by atoms with van der Waals surface area (Å²) in [5, 5.41) is 23.0. The predicted octanol–water partition coefficient (Wildman–Crippen LogP) is 2.21. The number of hydrogen-bond donors (Lipinski definition) is 2. The molecule has 4 rings (SSSR count). The molecule has 1 atom stereocenters. The zero-order valence-electron chi connectivity index (χ0n) is 22.0. The topological polar surface area (TPSA) is 85.7 Å². The molecule has 0 saturated carbocycles. The second-order valence-electron chi connectivity index (χ2n) is 10.6. The lowest BCUT2D eigenvalue weighted by molar-refractivity contribution is -0.138. The molecular weight excluding hydrogens is 496 g/mol. The molecule has 2 aliphatic heterocycles. The summed E-state index contributed by atoms with van der Waals surface area (Å²) in [5.41, 5.74) is -0.241. The van der Waals surface area contributed by atoms with Crippen LogP contribution < -0.4 is 9.64 Å². The second-order valence-corrected chi connectivity index (χ2v) is 10.6. The minimum Gasteiger partial charge on any atom is -0.487 e. The van der Waals surface area contributed by atoms with E-state index < -0.39 is 22.8 Å². The molecule has 2 aromatic rings. The molecular formula is C28H37F2N3O5. The fourth-order valence-electron chi connectivity index (χ4n) is 5.21. The molecule has 0 aromatic heterocycles. The van der Waals surface area contributed by atoms with Crippen LogP contribution in [0.15, 0.2) is 42.5 Å². The van der Waals surface area contributed by atoms with Crippen molar-refractivity contribution in [3.05, 3.63) is 59.7 Å². The highest BCUT2D eigenvalue weighted by atomic mass is 19.2. The summed E-state index contributed by atoms with van der Waals surface area (Å²) in [4.78, 5) is 18.3. The third-order valence-corrected chi connectivity index (χ3v) is 7.33. The van der Waals surface area contributed by atoms with Gasteiger partial charge in [-0.1, -0.05) is 23.8 Å². The third kappa shape index (κ3) is 6.99. The Morgan fingerprint density at radius 2 is 1.68 bits per heavy atom. The van der Waals surface area contributed by atoms with Crippen LogP contribution in [0.4, 0.5) is 14.5 Å². The zero-order chi connectivity index (χ0) is 27.3. The first kappa shape index (κ1) is 28.2. The first-order valence-electron chi connectivity index (χ1n) is 12.9. The van der Waals surface area contributed by atoms with Crippen molar-refractivity contribution in [1.82, 2.24) is 9.80 Å². The number of ether oxygens (including phenoxy) is 2. The number of β-amino-alcohol motifs (C(OH)–C–C–N with tert-alkyl or cyclic N) is 2. The molecule has 10 heteroatoms. The van der Waals surface area contributed by atoms with Gasteiger partial charge in [0.25, 0.3) is 0 Å². The van der Waals surface area contributed by atoms with E-state index in [1.807, 2.05) is 11.8 Å². The summed E-state index contributed by atoms with van der Waals surface area (Å²) in [6.45, 7) is 4.00. The average Bonchev–Trinajstić information content (AvgIpc) is 3.04. The number of benzene rings is 2. The van der Waals surface area contributed by atoms with Crippen molar-refractivity contribution in [1.29, 1.82) is 0 Å². The molecule has 0 aliphatic carbocycles. The summed E-state index contributed by atoms with van der Waals surface area (Å²) in [7, 11) is 1.42. The maximum Gasteiger partial charge on any atom is 0.248 e. The highest BCUT2D eigenvalue weighted by Gasteiger charge is 2.41. The largest absolute Gasteiger partial charge is 0.487 e. The van der Waals surface area contributed by atoms with Gasteiger partial charge in [0.15, 0.2) is 11.6 Å². The van der Waals surface area contributed by atoms with Gasteiger partial charge in [0.2, 0.25) is 11.7 Å². The normalized spacial score (nSPS) is 22.3. The Labute approximate surface area is 222 Å². The zero-order valence-corrected chi connectivity index (χ0v) is 22.0. The van der Waals surface area contributed by atoms with Gasteiger partial charge in [-0.15, -0.1) is 0 Å². The lowest BCUT2D eigenvalue weighted by Gasteiger charge is -2.42. The molecule has 2 heterocycles. The first-order chi connectivity index (χ1) is 18.1. The number of anilines is 1. The highest BCUT2D eigenvalue weighted by Crippen LogP contribution is 2.29. The summed E-state index contributed by atoms with van der Waals surface area (Å²) >= 11 is 0. The standard InChI is InChI=1S/C28H37F2N3O5/c1-21-6-8-22(9-7-21)32-12-10-27(35,11-13-32)17-31-14-15-33(25(34)16-37-2)19-28(36,18-31)20-38-24-5-3-4-23(29)26(24)30/h3-9,35-36H,10-20H2,1-2H3. The number of halogens is 2. The molecule has 208 valence electrons. The van der Waals surface area contributed by atoms with Crippen LogP contribution >= 0.6 is 0 Å². The molecule has 1 amide bonds. The van der Waals surface area contributed by atoms with Gasteiger partial charge in [0.1, 0.15) is 18.8 Å². The lowest BCUT2D eigenvalue weighted by atomic mass is 9.90. The molecule has 0 radical (unpaired) electrons. The van der Waals surface area contributed by atoms with Gasteiger partial charge in [-0.3, -0.25) is 9.69 Å². The molecule has 2 aliphatic rings. The Kier molecular flexibility index (Phi) is 8.87. The Morgan fingerprint density at radius 3 is 2.37 bits per heavy atom. The third-order valence-electron chi connectivity index (χ3n) is 7.33. The van der Waals surface area contributed by atoms with Crippen LogP contribution in [-0.2, 0) is 9.53 Å². The molecule has 1 unspecified atom stereocenters. The van der Waals surface area contributed by atoms with Gasteiger partial charge in [0, 0.05) is 52.1 Å². The number of piperidine rings is 1. The molecule has 8 nitrogen and oxygen atoms in total. The average molecular weight is 534 g/mol. The number of amides is 1. The maximum atomic E-state index is 14.2. The molecule has 0 bridgehead atoms. The molecule has 0 spiro atoms. The maximum absolute atomic E-state index is 14.2. The fraction of sp³-hybridized carbons (Fsp3) is 0.536. The Balaban J connectivity index is 1.44. The van der Waals surface area contributed by atoms with Gasteiger partial charge < -0.3 is 29.5 Å². The first-order valence-corrected chi connectivity index (χ1v) is 12.9. The molecule has 2 saturated heterocycles. The van der Waals surface area contributed by atoms with Crippen LogP contribution in [0, 0.1) is 18.6 Å². The van der Waals surface area contributed by atoms with E-state index in [2.05, 4.69) is 29.2 Å². The number of methoxy groups -OCH3 is 1. The van der Waals surface area contributed by atoms with Crippen LogP contribution in [-0.4, -0.2) is 103 Å². The van der Waals surface area contributed by atoms with Crippen LogP contribution in [0.1, 0.15) is 18.4 Å². The van der Waals surface area contributed by atoms with Gasteiger partial charge in [-0.05, 0) is 44.0 Å². The van der Waals surface area contributed by atoms with E-state index in [4.69, 9.17) is 9.47 Å². The quantitative estimate of drug-likeness (QED) is 0.538. The van der Waals surface area contributed by atoms with Crippen molar-refractivity contribution < 1.29 is 33.3 Å². The summed E-state index contributed by atoms with van der Waals surface area (Å²) in [5.74, 6) is -2.79. The van der Waals surface area contributed by atoms with Crippen LogP contribution in [0.2, 0.25) is 0 Å². The van der Waals surface area contributed by atoms with Crippen molar-refractivity contribution >= 4 is 11.6 Å². The van der Waals surface area contributed by atoms with E-state index in [-0.39, 0.29) is 38.0 Å². The Morgan fingerprint density at radius 1 is 0.974 bits per heavy atom. The Bertz CT molecular complexity index is 1090. The van der Waals surface area contributed by atoms with Crippen molar-refractivity contribution in [3.63, 3.8) is 0 Å². The van der Waals surface area contributed by atoms with Gasteiger partial charge in [-0.2, -0.15) is 4.39 Å². The van der Waals surface area contributed by atoms with E-state index in [1.54, 1.807) is 0 Å². The van der Waals surface area contributed by atoms with Crippen molar-refractivity contribution in [2.45, 2.75) is 31.0 Å². The number of aliphatic hydroxyl groups is 2. The van der Waals surface area contributed by atoms with Crippen LogP contribution in [0.25, 0.3) is 0 Å². The van der Waals surface area contributed by atoms with Crippen molar-refractivity contribution in [3.8, 4) is 5.75 Å². The molecule has 2 N–H and O–H groups in total. The Hall–Kier alpha value is -2.79. The van der Waals surface area contributed by atoms with Gasteiger partial charge >= 0.3 is 0 Å². The number of hydrogen-bond acceptors (Lipinski definition) is 7. The monoisotopic (exact) mass is 533 g/mol. The summed E-state index contributed by atoms with van der Waals surface area (Å²) in [6, 6.07) is 11.9. The van der Waals surface area contributed by atoms with Gasteiger partial charge in [0.05, 0.1) is 12.1 Å². The predicted molar refractivity (Wildman–Crippen MR) is 139 cm³/mol. The molecule has 38 heavy (non-hydrogen) atoms. The van der Waals surface area contributed by atoms with E-state index >= 15 is 0 Å². The van der Waals surface area contributed by atoms with Gasteiger partial charge in [-0.25, -0.2) is 4.39 Å². The minimum absolute atomic E-state index is 0.0672. The van der Waals surface area contributed by atoms with E-state index in [0.29, 0.717) is 45.6 Å². The smallest absolute Gasteiger partial charge is 0.248 e. The number of rotatable bonds is 8. The molecule has 2 aromatic carbocycles. The van der Waals surface area contributed by atoms with E-state index in [9.17, 15) is 23.8 Å². The summed E-state index contributed by atoms with van der Waals surface area (Å²) < 4.78 is 38.3. The SMILES string of the molecule is COCC(=O)N1CCN(CC2(O)CCN(c3ccc(C)cc3)CC2)CC(O)(COc2cccc(F)c2F)C1. The second kappa shape index (κ2) is 11.9. The number of carbonyl (C=O) groups excluding carboxylic acids is 1. The van der Waals surface area contributed by atoms with Crippen molar-refractivity contribution in [2.24, 2.45) is 0 Å². The van der Waals surface area contributed by atoms with E-state index in [1.165, 1.54) is 29.7 Å². The lowest BCUT2D eigenvalue weighted by Crippen LogP contribution is -2.56. The molecule has 2 fully saturated rings. The van der Waals surface area contributed by atoms with Crippen molar-refractivity contribution in [2.75, 3.05) is 71.0 Å². The summed E-state index contributed by atoms with van der Waals surface area (Å²) in [6.07, 6.45) is 1.10. The van der Waals surface area contributed by atoms with E-state index in [0.717, 1.165) is 11.8 Å².